The van der Waals surface area contributed by atoms with Crippen molar-refractivity contribution in [3.05, 3.63) is 63.9 Å². The third-order valence-electron chi connectivity index (χ3n) is 2.80. The minimum atomic E-state index is 0.302. The summed E-state index contributed by atoms with van der Waals surface area (Å²) in [5.41, 5.74) is 1.26. The summed E-state index contributed by atoms with van der Waals surface area (Å²) in [6, 6.07) is 12.4. The lowest BCUT2D eigenvalue weighted by Crippen LogP contribution is -1.99. The number of aromatic nitrogens is 3. The van der Waals surface area contributed by atoms with Gasteiger partial charge in [-0.1, -0.05) is 46.9 Å². The van der Waals surface area contributed by atoms with E-state index in [4.69, 9.17) is 34.8 Å². The Morgan fingerprint density at radius 1 is 0.909 bits per heavy atom. The summed E-state index contributed by atoms with van der Waals surface area (Å²) >= 11 is 18.2. The fraction of sp³-hybridized carbons (Fsp3) is 0. The van der Waals surface area contributed by atoms with Gasteiger partial charge in [-0.2, -0.15) is 0 Å². The first-order chi connectivity index (χ1) is 10.6. The van der Waals surface area contributed by atoms with E-state index in [-0.39, 0.29) is 0 Å². The molecule has 0 radical (unpaired) electrons. The molecule has 22 heavy (non-hydrogen) atoms. The van der Waals surface area contributed by atoms with Crippen molar-refractivity contribution in [1.29, 1.82) is 0 Å². The maximum atomic E-state index is 6.16. The molecule has 3 aromatic rings. The zero-order chi connectivity index (χ0) is 15.5. The van der Waals surface area contributed by atoms with E-state index >= 15 is 0 Å². The summed E-state index contributed by atoms with van der Waals surface area (Å²) in [7, 11) is 0. The zero-order valence-electron chi connectivity index (χ0n) is 11.1. The maximum absolute atomic E-state index is 6.16. The third-order valence-corrected chi connectivity index (χ3v) is 3.82. The van der Waals surface area contributed by atoms with Crippen molar-refractivity contribution >= 4 is 46.3 Å². The van der Waals surface area contributed by atoms with E-state index in [2.05, 4.69) is 20.3 Å². The molecule has 0 saturated heterocycles. The van der Waals surface area contributed by atoms with Crippen LogP contribution in [-0.2, 0) is 0 Å². The first-order valence-electron chi connectivity index (χ1n) is 6.30. The van der Waals surface area contributed by atoms with Gasteiger partial charge in [0, 0.05) is 12.3 Å². The fourth-order valence-electron chi connectivity index (χ4n) is 1.83. The molecule has 2 heterocycles. The minimum absolute atomic E-state index is 0.302. The summed E-state index contributed by atoms with van der Waals surface area (Å²) in [6.07, 6.45) is 1.67. The molecule has 2 aromatic heterocycles. The monoisotopic (exact) mass is 350 g/mol. The number of anilines is 2. The molecule has 0 bridgehead atoms. The van der Waals surface area contributed by atoms with E-state index in [1.807, 2.05) is 18.2 Å². The first kappa shape index (κ1) is 15.0. The molecule has 110 valence electrons. The van der Waals surface area contributed by atoms with E-state index in [0.29, 0.717) is 38.2 Å². The predicted octanol–water partition coefficient (Wildman–Crippen LogP) is 5.24. The highest BCUT2D eigenvalue weighted by Crippen LogP contribution is 2.32. The van der Waals surface area contributed by atoms with Crippen molar-refractivity contribution in [1.82, 2.24) is 15.0 Å². The lowest BCUT2D eigenvalue weighted by atomic mass is 10.3. The van der Waals surface area contributed by atoms with Crippen LogP contribution in [0.3, 0.4) is 0 Å². The molecule has 0 aliphatic carbocycles. The molecule has 0 fully saturated rings. The minimum Gasteiger partial charge on any atom is -0.339 e. The average molecular weight is 352 g/mol. The van der Waals surface area contributed by atoms with Crippen molar-refractivity contribution in [3.63, 3.8) is 0 Å². The van der Waals surface area contributed by atoms with Crippen molar-refractivity contribution < 1.29 is 0 Å². The second-order valence-corrected chi connectivity index (χ2v) is 5.51. The number of nitrogens with one attached hydrogen (secondary N) is 1. The highest BCUT2D eigenvalue weighted by molar-refractivity contribution is 6.43. The molecule has 0 unspecified atom stereocenters. The van der Waals surface area contributed by atoms with Gasteiger partial charge >= 0.3 is 0 Å². The van der Waals surface area contributed by atoms with Gasteiger partial charge in [-0.15, -0.1) is 0 Å². The standard InChI is InChI=1S/C15H9Cl3N4/c16-9-4-3-6-10(14(9)18)20-13-8-12(17)21-15(22-13)11-5-1-2-7-19-11/h1-8H,(H,20,21,22). The number of rotatable bonds is 3. The molecular formula is C15H9Cl3N4. The number of halogens is 3. The molecule has 0 aliphatic rings. The van der Waals surface area contributed by atoms with E-state index in [9.17, 15) is 0 Å². The predicted molar refractivity (Wildman–Crippen MR) is 90.0 cm³/mol. The second-order valence-electron chi connectivity index (χ2n) is 4.34. The van der Waals surface area contributed by atoms with E-state index in [1.54, 1.807) is 30.5 Å². The molecular weight excluding hydrogens is 343 g/mol. The number of benzene rings is 1. The first-order valence-corrected chi connectivity index (χ1v) is 7.44. The molecule has 1 N–H and O–H groups in total. The molecule has 0 spiro atoms. The quantitative estimate of drug-likeness (QED) is 0.655. The Hall–Kier alpha value is -1.88. The van der Waals surface area contributed by atoms with Crippen LogP contribution in [0, 0.1) is 0 Å². The van der Waals surface area contributed by atoms with Crippen molar-refractivity contribution in [2.75, 3.05) is 5.32 Å². The molecule has 7 heteroatoms. The average Bonchev–Trinajstić information content (AvgIpc) is 2.52. The topological polar surface area (TPSA) is 50.7 Å². The number of pyridine rings is 1. The van der Waals surface area contributed by atoms with Gasteiger partial charge in [0.2, 0.25) is 0 Å². The highest BCUT2D eigenvalue weighted by atomic mass is 35.5. The van der Waals surface area contributed by atoms with Crippen LogP contribution in [0.15, 0.2) is 48.7 Å². The van der Waals surface area contributed by atoms with Gasteiger partial charge in [-0.25, -0.2) is 9.97 Å². The Morgan fingerprint density at radius 3 is 2.55 bits per heavy atom. The van der Waals surface area contributed by atoms with Gasteiger partial charge < -0.3 is 5.32 Å². The number of nitrogens with zero attached hydrogens (tertiary/aromatic N) is 3. The molecule has 3 rings (SSSR count). The van der Waals surface area contributed by atoms with Gasteiger partial charge in [-0.05, 0) is 24.3 Å². The number of hydrogen-bond acceptors (Lipinski definition) is 4. The van der Waals surface area contributed by atoms with Gasteiger partial charge in [0.25, 0.3) is 0 Å². The van der Waals surface area contributed by atoms with Crippen LogP contribution in [0.5, 0.6) is 0 Å². The van der Waals surface area contributed by atoms with Crippen LogP contribution in [0.2, 0.25) is 15.2 Å². The van der Waals surface area contributed by atoms with Crippen molar-refractivity contribution in [2.45, 2.75) is 0 Å². The fourth-order valence-corrected chi connectivity index (χ4v) is 2.36. The lowest BCUT2D eigenvalue weighted by Gasteiger charge is -2.10. The van der Waals surface area contributed by atoms with Gasteiger partial charge in [0.1, 0.15) is 16.7 Å². The van der Waals surface area contributed by atoms with E-state index < -0.39 is 0 Å². The lowest BCUT2D eigenvalue weighted by molar-refractivity contribution is 1.14. The van der Waals surface area contributed by atoms with Crippen molar-refractivity contribution in [2.24, 2.45) is 0 Å². The van der Waals surface area contributed by atoms with E-state index in [1.165, 1.54) is 0 Å². The normalized spacial score (nSPS) is 10.5. The van der Waals surface area contributed by atoms with Crippen LogP contribution in [0.1, 0.15) is 0 Å². The zero-order valence-corrected chi connectivity index (χ0v) is 13.4. The molecule has 0 saturated carbocycles. The third kappa shape index (κ3) is 3.30. The van der Waals surface area contributed by atoms with Gasteiger partial charge in [0.05, 0.1) is 15.7 Å². The van der Waals surface area contributed by atoms with Gasteiger partial charge in [-0.3, -0.25) is 4.98 Å². The largest absolute Gasteiger partial charge is 0.339 e. The van der Waals surface area contributed by atoms with Crippen LogP contribution < -0.4 is 5.32 Å². The maximum Gasteiger partial charge on any atom is 0.181 e. The Balaban J connectivity index is 1.98. The Kier molecular flexibility index (Phi) is 4.43. The summed E-state index contributed by atoms with van der Waals surface area (Å²) in [5, 5.41) is 4.26. The Bertz CT molecular complexity index is 809. The van der Waals surface area contributed by atoms with Crippen LogP contribution >= 0.6 is 34.8 Å². The molecule has 0 aliphatic heterocycles. The summed E-state index contributed by atoms with van der Waals surface area (Å²) in [5.74, 6) is 0.929. The molecule has 0 atom stereocenters. The Morgan fingerprint density at radius 2 is 1.77 bits per heavy atom. The van der Waals surface area contributed by atoms with Crippen LogP contribution in [-0.4, -0.2) is 15.0 Å². The molecule has 1 aromatic carbocycles. The van der Waals surface area contributed by atoms with E-state index in [0.717, 1.165) is 0 Å². The molecule has 0 amide bonds. The highest BCUT2D eigenvalue weighted by Gasteiger charge is 2.09. The second kappa shape index (κ2) is 6.48. The van der Waals surface area contributed by atoms with Gasteiger partial charge in [0.15, 0.2) is 5.82 Å². The SMILES string of the molecule is Clc1cc(Nc2cccc(Cl)c2Cl)nc(-c2ccccn2)n1. The molecule has 4 nitrogen and oxygen atoms in total. The van der Waals surface area contributed by atoms with Crippen molar-refractivity contribution in [3.8, 4) is 11.5 Å². The summed E-state index contributed by atoms with van der Waals surface area (Å²) < 4.78 is 0. The van der Waals surface area contributed by atoms with Crippen LogP contribution in [0.25, 0.3) is 11.5 Å². The Labute approximate surface area is 142 Å². The summed E-state index contributed by atoms with van der Waals surface area (Å²) in [6.45, 7) is 0. The smallest absolute Gasteiger partial charge is 0.181 e. The van der Waals surface area contributed by atoms with Crippen LogP contribution in [0.4, 0.5) is 11.5 Å². The number of hydrogen-bond donors (Lipinski definition) is 1. The summed E-state index contributed by atoms with van der Waals surface area (Å²) in [4.78, 5) is 12.8.